The van der Waals surface area contributed by atoms with Gasteiger partial charge in [0.1, 0.15) is 0 Å². The maximum absolute atomic E-state index is 12.4. The Morgan fingerprint density at radius 1 is 1.47 bits per heavy atom. The van der Waals surface area contributed by atoms with Gasteiger partial charge in [-0.05, 0) is 25.8 Å². The third-order valence-corrected chi connectivity index (χ3v) is 5.47. The Kier molecular flexibility index (Phi) is 4.89. The zero-order valence-electron chi connectivity index (χ0n) is 10.9. The molecule has 2 rings (SSSR count). The Hall–Kier alpha value is -0.560. The zero-order chi connectivity index (χ0) is 13.9. The number of piperidine rings is 1. The molecule has 0 amide bonds. The largest absolute Gasteiger partial charge is 0.378 e. The first kappa shape index (κ1) is 14.8. The van der Waals surface area contributed by atoms with E-state index in [1.165, 1.54) is 10.5 Å². The first-order valence-electron chi connectivity index (χ1n) is 6.43. The summed E-state index contributed by atoms with van der Waals surface area (Å²) in [6.45, 7) is 3.65. The SMILES string of the molecule is CCOC1CCN(S(=O)(=O)c2c[nH]c(CCl)c2)CC1. The van der Waals surface area contributed by atoms with E-state index in [9.17, 15) is 8.42 Å². The molecule has 1 aromatic heterocycles. The van der Waals surface area contributed by atoms with E-state index in [0.717, 1.165) is 12.8 Å². The standard InChI is InChI=1S/C12H19ClN2O3S/c1-2-18-11-3-5-15(6-4-11)19(16,17)12-7-10(8-13)14-9-12/h7,9,11,14H,2-6,8H2,1H3. The summed E-state index contributed by atoms with van der Waals surface area (Å²) >= 11 is 5.67. The summed E-state index contributed by atoms with van der Waals surface area (Å²) in [6.07, 6.45) is 3.18. The summed E-state index contributed by atoms with van der Waals surface area (Å²) in [7, 11) is -3.40. The highest BCUT2D eigenvalue weighted by Gasteiger charge is 2.30. The van der Waals surface area contributed by atoms with Gasteiger partial charge in [-0.2, -0.15) is 4.31 Å². The van der Waals surface area contributed by atoms with Crippen LogP contribution in [0.3, 0.4) is 0 Å². The minimum Gasteiger partial charge on any atom is -0.378 e. The second-order valence-electron chi connectivity index (χ2n) is 4.55. The zero-order valence-corrected chi connectivity index (χ0v) is 12.5. The second kappa shape index (κ2) is 6.26. The molecule has 5 nitrogen and oxygen atoms in total. The molecule has 0 atom stereocenters. The summed E-state index contributed by atoms with van der Waals surface area (Å²) in [4.78, 5) is 3.16. The molecule has 1 aromatic rings. The summed E-state index contributed by atoms with van der Waals surface area (Å²) < 4.78 is 31.8. The third kappa shape index (κ3) is 3.31. The van der Waals surface area contributed by atoms with Crippen LogP contribution in [-0.4, -0.2) is 43.5 Å². The lowest BCUT2D eigenvalue weighted by Gasteiger charge is -2.30. The fraction of sp³-hybridized carbons (Fsp3) is 0.667. The highest BCUT2D eigenvalue weighted by atomic mass is 35.5. The lowest BCUT2D eigenvalue weighted by atomic mass is 10.1. The fourth-order valence-corrected chi connectivity index (χ4v) is 3.91. The summed E-state index contributed by atoms with van der Waals surface area (Å²) in [6, 6.07) is 1.59. The molecule has 7 heteroatoms. The first-order valence-corrected chi connectivity index (χ1v) is 8.40. The van der Waals surface area contributed by atoms with Crippen LogP contribution in [0.2, 0.25) is 0 Å². The van der Waals surface area contributed by atoms with Gasteiger partial charge in [0.25, 0.3) is 0 Å². The van der Waals surface area contributed by atoms with Crippen molar-refractivity contribution in [3.05, 3.63) is 18.0 Å². The highest BCUT2D eigenvalue weighted by molar-refractivity contribution is 7.89. The number of hydrogen-bond acceptors (Lipinski definition) is 3. The number of aromatic amines is 1. The second-order valence-corrected chi connectivity index (χ2v) is 6.76. The quantitative estimate of drug-likeness (QED) is 0.846. The highest BCUT2D eigenvalue weighted by Crippen LogP contribution is 2.22. The van der Waals surface area contributed by atoms with E-state index in [0.29, 0.717) is 25.4 Å². The summed E-state index contributed by atoms with van der Waals surface area (Å²) in [5, 5.41) is 0. The Bertz CT molecular complexity index is 507. The van der Waals surface area contributed by atoms with Crippen LogP contribution in [0.5, 0.6) is 0 Å². The molecule has 0 aliphatic carbocycles. The van der Waals surface area contributed by atoms with E-state index in [4.69, 9.17) is 16.3 Å². The Morgan fingerprint density at radius 2 is 2.16 bits per heavy atom. The van der Waals surface area contributed by atoms with Gasteiger partial charge in [-0.3, -0.25) is 0 Å². The number of halogens is 1. The van der Waals surface area contributed by atoms with Crippen LogP contribution in [0, 0.1) is 0 Å². The molecule has 0 spiro atoms. The molecule has 1 saturated heterocycles. The first-order chi connectivity index (χ1) is 9.07. The molecule has 1 fully saturated rings. The topological polar surface area (TPSA) is 62.4 Å². The molecule has 0 unspecified atom stereocenters. The van der Waals surface area contributed by atoms with Crippen molar-refractivity contribution in [3.63, 3.8) is 0 Å². The number of sulfonamides is 1. The van der Waals surface area contributed by atoms with Crippen LogP contribution in [0.4, 0.5) is 0 Å². The van der Waals surface area contributed by atoms with Gasteiger partial charge < -0.3 is 9.72 Å². The van der Waals surface area contributed by atoms with Crippen LogP contribution in [-0.2, 0) is 20.6 Å². The van der Waals surface area contributed by atoms with Crippen molar-refractivity contribution < 1.29 is 13.2 Å². The van der Waals surface area contributed by atoms with Gasteiger partial charge in [-0.1, -0.05) is 0 Å². The summed E-state index contributed by atoms with van der Waals surface area (Å²) in [5.41, 5.74) is 0.712. The average molecular weight is 307 g/mol. The molecular formula is C12H19ClN2O3S. The lowest BCUT2D eigenvalue weighted by Crippen LogP contribution is -2.40. The van der Waals surface area contributed by atoms with E-state index >= 15 is 0 Å². The van der Waals surface area contributed by atoms with Crippen LogP contribution in [0.15, 0.2) is 17.2 Å². The maximum atomic E-state index is 12.4. The molecule has 108 valence electrons. The van der Waals surface area contributed by atoms with Gasteiger partial charge >= 0.3 is 0 Å². The minimum atomic E-state index is -3.40. The predicted octanol–water partition coefficient (Wildman–Crippen LogP) is 1.94. The van der Waals surface area contributed by atoms with E-state index in [1.54, 1.807) is 6.07 Å². The van der Waals surface area contributed by atoms with Crippen molar-refractivity contribution >= 4 is 21.6 Å². The van der Waals surface area contributed by atoms with Crippen molar-refractivity contribution in [2.24, 2.45) is 0 Å². The van der Waals surface area contributed by atoms with Crippen LogP contribution in [0.1, 0.15) is 25.5 Å². The molecule has 2 heterocycles. The van der Waals surface area contributed by atoms with Crippen molar-refractivity contribution in [1.29, 1.82) is 0 Å². The third-order valence-electron chi connectivity index (χ3n) is 3.30. The smallest absolute Gasteiger partial charge is 0.244 e. The number of nitrogens with one attached hydrogen (secondary N) is 1. The molecule has 0 saturated carbocycles. The number of rotatable bonds is 5. The minimum absolute atomic E-state index is 0.182. The van der Waals surface area contributed by atoms with Crippen LogP contribution >= 0.6 is 11.6 Å². The van der Waals surface area contributed by atoms with Gasteiger partial charge in [0.05, 0.1) is 16.9 Å². The molecule has 0 aromatic carbocycles. The number of hydrogen-bond donors (Lipinski definition) is 1. The molecule has 19 heavy (non-hydrogen) atoms. The van der Waals surface area contributed by atoms with Gasteiger partial charge in [-0.25, -0.2) is 8.42 Å². The van der Waals surface area contributed by atoms with E-state index in [1.807, 2.05) is 6.92 Å². The Morgan fingerprint density at radius 3 is 2.68 bits per heavy atom. The number of H-pyrrole nitrogens is 1. The number of nitrogens with zero attached hydrogens (tertiary/aromatic N) is 1. The van der Waals surface area contributed by atoms with E-state index in [2.05, 4.69) is 4.98 Å². The molecule has 1 aliphatic heterocycles. The van der Waals surface area contributed by atoms with Crippen LogP contribution < -0.4 is 0 Å². The van der Waals surface area contributed by atoms with Gasteiger partial charge in [0.15, 0.2) is 0 Å². The Labute approximate surface area is 118 Å². The average Bonchev–Trinajstić information content (AvgIpc) is 2.89. The number of alkyl halides is 1. The normalized spacial score (nSPS) is 18.8. The van der Waals surface area contributed by atoms with Crippen molar-refractivity contribution in [2.75, 3.05) is 19.7 Å². The number of aromatic nitrogens is 1. The number of ether oxygens (including phenoxy) is 1. The monoisotopic (exact) mass is 306 g/mol. The molecule has 0 bridgehead atoms. The predicted molar refractivity (Wildman–Crippen MR) is 73.8 cm³/mol. The molecular weight excluding hydrogens is 288 g/mol. The maximum Gasteiger partial charge on any atom is 0.244 e. The van der Waals surface area contributed by atoms with Gasteiger partial charge in [0, 0.05) is 31.6 Å². The molecule has 0 radical (unpaired) electrons. The molecule has 1 N–H and O–H groups in total. The van der Waals surface area contributed by atoms with Crippen molar-refractivity contribution in [1.82, 2.24) is 9.29 Å². The van der Waals surface area contributed by atoms with Crippen molar-refractivity contribution in [3.8, 4) is 0 Å². The lowest BCUT2D eigenvalue weighted by molar-refractivity contribution is 0.0290. The van der Waals surface area contributed by atoms with Crippen LogP contribution in [0.25, 0.3) is 0 Å². The van der Waals surface area contributed by atoms with E-state index < -0.39 is 10.0 Å². The summed E-state index contributed by atoms with van der Waals surface area (Å²) in [5.74, 6) is 0.280. The van der Waals surface area contributed by atoms with Gasteiger partial charge in [-0.15, -0.1) is 11.6 Å². The fourth-order valence-electron chi connectivity index (χ4n) is 2.27. The van der Waals surface area contributed by atoms with E-state index in [-0.39, 0.29) is 16.9 Å². The molecule has 1 aliphatic rings. The Balaban J connectivity index is 2.05. The van der Waals surface area contributed by atoms with Crippen molar-refractivity contribution in [2.45, 2.75) is 36.6 Å². The van der Waals surface area contributed by atoms with Gasteiger partial charge in [0.2, 0.25) is 10.0 Å².